The molecule has 1 aromatic rings. The second-order valence-corrected chi connectivity index (χ2v) is 5.28. The highest BCUT2D eigenvalue weighted by atomic mass is 16.4. The van der Waals surface area contributed by atoms with Crippen LogP contribution in [0, 0.1) is 5.92 Å². The van der Waals surface area contributed by atoms with Gasteiger partial charge in [-0.1, -0.05) is 19.3 Å². The Morgan fingerprint density at radius 1 is 1.15 bits per heavy atom. The van der Waals surface area contributed by atoms with Gasteiger partial charge in [0.1, 0.15) is 6.29 Å². The van der Waals surface area contributed by atoms with E-state index in [1.807, 2.05) is 43.3 Å². The lowest BCUT2D eigenvalue weighted by molar-refractivity contribution is -0.142. The first-order valence-electron chi connectivity index (χ1n) is 7.00. The van der Waals surface area contributed by atoms with E-state index in [2.05, 4.69) is 0 Å². The Kier molecular flexibility index (Phi) is 6.77. The fourth-order valence-corrected chi connectivity index (χ4v) is 2.20. The molecule has 0 unspecified atom stereocenters. The van der Waals surface area contributed by atoms with Crippen LogP contribution in [0.4, 0.5) is 5.69 Å². The summed E-state index contributed by atoms with van der Waals surface area (Å²) in [5.74, 6) is -0.631. The highest BCUT2D eigenvalue weighted by Crippen LogP contribution is 2.23. The largest absolute Gasteiger partial charge is 0.481 e. The molecular formula is C16H23NO3. The quantitative estimate of drug-likeness (QED) is 0.862. The van der Waals surface area contributed by atoms with E-state index in [1.165, 1.54) is 6.42 Å². The Balaban J connectivity index is 0.000000204. The van der Waals surface area contributed by atoms with Crippen molar-refractivity contribution in [1.29, 1.82) is 0 Å². The molecule has 0 spiro atoms. The first kappa shape index (κ1) is 16.2. The van der Waals surface area contributed by atoms with Crippen molar-refractivity contribution in [2.75, 3.05) is 19.0 Å². The van der Waals surface area contributed by atoms with Crippen molar-refractivity contribution < 1.29 is 14.7 Å². The number of carboxylic acids is 1. The van der Waals surface area contributed by atoms with Gasteiger partial charge in [-0.05, 0) is 37.1 Å². The van der Waals surface area contributed by atoms with E-state index in [0.29, 0.717) is 0 Å². The topological polar surface area (TPSA) is 57.6 Å². The highest BCUT2D eigenvalue weighted by molar-refractivity contribution is 5.75. The third kappa shape index (κ3) is 5.43. The van der Waals surface area contributed by atoms with Gasteiger partial charge in [0.2, 0.25) is 0 Å². The molecule has 4 heteroatoms. The van der Waals surface area contributed by atoms with E-state index < -0.39 is 5.97 Å². The first-order valence-corrected chi connectivity index (χ1v) is 7.00. The third-order valence-corrected chi connectivity index (χ3v) is 3.50. The van der Waals surface area contributed by atoms with Gasteiger partial charge < -0.3 is 10.0 Å². The minimum absolute atomic E-state index is 0.0289. The van der Waals surface area contributed by atoms with Gasteiger partial charge in [-0.3, -0.25) is 9.59 Å². The molecule has 0 heterocycles. The molecule has 0 radical (unpaired) electrons. The first-order chi connectivity index (χ1) is 9.54. The van der Waals surface area contributed by atoms with E-state index in [-0.39, 0.29) is 5.92 Å². The molecule has 0 aromatic heterocycles. The second-order valence-electron chi connectivity index (χ2n) is 5.28. The summed E-state index contributed by atoms with van der Waals surface area (Å²) in [6.07, 6.45) is 6.09. The number of aldehydes is 1. The molecule has 1 N–H and O–H groups in total. The number of carbonyl (C=O) groups excluding carboxylic acids is 1. The summed E-state index contributed by atoms with van der Waals surface area (Å²) < 4.78 is 0. The van der Waals surface area contributed by atoms with Crippen LogP contribution in [-0.2, 0) is 4.79 Å². The minimum atomic E-state index is -0.602. The molecule has 20 heavy (non-hydrogen) atoms. The summed E-state index contributed by atoms with van der Waals surface area (Å²) in [5.41, 5.74) is 1.83. The number of nitrogens with zero attached hydrogens (tertiary/aromatic N) is 1. The van der Waals surface area contributed by atoms with Gasteiger partial charge in [0.05, 0.1) is 5.92 Å². The van der Waals surface area contributed by atoms with E-state index in [1.54, 1.807) is 0 Å². The average Bonchev–Trinajstić information content (AvgIpc) is 2.49. The summed E-state index contributed by atoms with van der Waals surface area (Å²) in [4.78, 5) is 22.6. The Labute approximate surface area is 120 Å². The molecule has 0 amide bonds. The number of rotatable bonds is 3. The maximum absolute atomic E-state index is 10.4. The molecule has 0 bridgehead atoms. The summed E-state index contributed by atoms with van der Waals surface area (Å²) >= 11 is 0. The van der Waals surface area contributed by atoms with Crippen LogP contribution in [0.25, 0.3) is 0 Å². The van der Waals surface area contributed by atoms with E-state index in [0.717, 1.165) is 43.2 Å². The number of hydrogen-bond donors (Lipinski definition) is 1. The lowest BCUT2D eigenvalue weighted by atomic mass is 9.90. The molecule has 0 saturated heterocycles. The molecular weight excluding hydrogens is 254 g/mol. The van der Waals surface area contributed by atoms with Crippen molar-refractivity contribution >= 4 is 17.9 Å². The van der Waals surface area contributed by atoms with Crippen LogP contribution in [0.3, 0.4) is 0 Å². The molecule has 1 aliphatic carbocycles. The van der Waals surface area contributed by atoms with E-state index in [4.69, 9.17) is 5.11 Å². The monoisotopic (exact) mass is 277 g/mol. The summed E-state index contributed by atoms with van der Waals surface area (Å²) in [6, 6.07) is 7.46. The zero-order valence-corrected chi connectivity index (χ0v) is 12.2. The normalized spacial score (nSPS) is 14.9. The number of benzene rings is 1. The van der Waals surface area contributed by atoms with Crippen molar-refractivity contribution in [2.24, 2.45) is 5.92 Å². The molecule has 0 aliphatic heterocycles. The maximum atomic E-state index is 10.4. The van der Waals surface area contributed by atoms with Crippen LogP contribution < -0.4 is 4.90 Å². The van der Waals surface area contributed by atoms with Gasteiger partial charge in [-0.15, -0.1) is 0 Å². The Bertz CT molecular complexity index is 420. The van der Waals surface area contributed by atoms with Gasteiger partial charge in [0.25, 0.3) is 0 Å². The number of hydrogen-bond acceptors (Lipinski definition) is 3. The maximum Gasteiger partial charge on any atom is 0.306 e. The van der Waals surface area contributed by atoms with E-state index >= 15 is 0 Å². The minimum Gasteiger partial charge on any atom is -0.481 e. The lowest BCUT2D eigenvalue weighted by Gasteiger charge is -2.16. The summed E-state index contributed by atoms with van der Waals surface area (Å²) in [7, 11) is 3.94. The van der Waals surface area contributed by atoms with Crippen molar-refractivity contribution in [3.63, 3.8) is 0 Å². The van der Waals surface area contributed by atoms with Crippen LogP contribution in [0.5, 0.6) is 0 Å². The van der Waals surface area contributed by atoms with E-state index in [9.17, 15) is 9.59 Å². The van der Waals surface area contributed by atoms with Crippen LogP contribution >= 0.6 is 0 Å². The van der Waals surface area contributed by atoms with Crippen molar-refractivity contribution in [1.82, 2.24) is 0 Å². The Morgan fingerprint density at radius 3 is 2.05 bits per heavy atom. The predicted molar refractivity (Wildman–Crippen MR) is 80.4 cm³/mol. The van der Waals surface area contributed by atoms with Crippen molar-refractivity contribution in [3.8, 4) is 0 Å². The van der Waals surface area contributed by atoms with Crippen LogP contribution in [0.2, 0.25) is 0 Å². The highest BCUT2D eigenvalue weighted by Gasteiger charge is 2.19. The van der Waals surface area contributed by atoms with Crippen LogP contribution in [0.1, 0.15) is 42.5 Å². The summed E-state index contributed by atoms with van der Waals surface area (Å²) in [6.45, 7) is 0. The Morgan fingerprint density at radius 2 is 1.70 bits per heavy atom. The molecule has 4 nitrogen and oxygen atoms in total. The van der Waals surface area contributed by atoms with Gasteiger partial charge in [0, 0.05) is 25.3 Å². The predicted octanol–water partition coefficient (Wildman–Crippen LogP) is 3.22. The molecule has 1 fully saturated rings. The van der Waals surface area contributed by atoms with Crippen molar-refractivity contribution in [3.05, 3.63) is 29.8 Å². The average molecular weight is 277 g/mol. The fourth-order valence-electron chi connectivity index (χ4n) is 2.20. The number of aliphatic carboxylic acids is 1. The third-order valence-electron chi connectivity index (χ3n) is 3.50. The number of carbonyl (C=O) groups is 2. The summed E-state index contributed by atoms with van der Waals surface area (Å²) in [5, 5.41) is 8.54. The standard InChI is InChI=1S/C9H11NO.C7H12O2/c1-10(2)9-5-3-8(7-11)4-6-9;8-7(9)6-4-2-1-3-5-6/h3-7H,1-2H3;6H,1-5H2,(H,8,9). The molecule has 2 rings (SSSR count). The molecule has 0 atom stereocenters. The van der Waals surface area contributed by atoms with Crippen LogP contribution in [-0.4, -0.2) is 31.5 Å². The van der Waals surface area contributed by atoms with Crippen molar-refractivity contribution in [2.45, 2.75) is 32.1 Å². The SMILES string of the molecule is CN(C)c1ccc(C=O)cc1.O=C(O)C1CCCCC1. The van der Waals surface area contributed by atoms with Gasteiger partial charge in [-0.2, -0.15) is 0 Å². The molecule has 110 valence electrons. The Hall–Kier alpha value is -1.84. The van der Waals surface area contributed by atoms with Gasteiger partial charge in [-0.25, -0.2) is 0 Å². The molecule has 1 saturated carbocycles. The zero-order chi connectivity index (χ0) is 15.0. The zero-order valence-electron chi connectivity index (χ0n) is 12.2. The molecule has 1 aliphatic rings. The number of carboxylic acid groups (broad SMARTS) is 1. The lowest BCUT2D eigenvalue weighted by Crippen LogP contribution is -2.16. The second kappa shape index (κ2) is 8.35. The van der Waals surface area contributed by atoms with Gasteiger partial charge in [0.15, 0.2) is 0 Å². The number of anilines is 1. The van der Waals surface area contributed by atoms with Crippen LogP contribution in [0.15, 0.2) is 24.3 Å². The molecule has 1 aromatic carbocycles. The smallest absolute Gasteiger partial charge is 0.306 e. The van der Waals surface area contributed by atoms with Gasteiger partial charge >= 0.3 is 5.97 Å². The fraction of sp³-hybridized carbons (Fsp3) is 0.500.